The van der Waals surface area contributed by atoms with Gasteiger partial charge in [-0.05, 0) is 33.1 Å². The fourth-order valence-electron chi connectivity index (χ4n) is 3.98. The monoisotopic (exact) mass is 365 g/mol. The Labute approximate surface area is 153 Å². The number of aryl methyl sites for hydroxylation is 2. The first-order valence-electron chi connectivity index (χ1n) is 8.94. The molecule has 1 aromatic rings. The second kappa shape index (κ2) is 7.41. The van der Waals surface area contributed by atoms with Gasteiger partial charge in [-0.2, -0.15) is 0 Å². The van der Waals surface area contributed by atoms with Crippen LogP contribution >= 0.6 is 11.3 Å². The maximum atomic E-state index is 12.7. The summed E-state index contributed by atoms with van der Waals surface area (Å²) in [6.45, 7) is 7.58. The Balaban J connectivity index is 1.57. The average Bonchev–Trinajstić information content (AvgIpc) is 3.07. The minimum atomic E-state index is 0.0552. The van der Waals surface area contributed by atoms with Crippen LogP contribution in [0.25, 0.3) is 0 Å². The summed E-state index contributed by atoms with van der Waals surface area (Å²) >= 11 is 1.48. The van der Waals surface area contributed by atoms with Crippen molar-refractivity contribution in [2.24, 2.45) is 5.41 Å². The second-order valence-electron chi connectivity index (χ2n) is 7.28. The summed E-state index contributed by atoms with van der Waals surface area (Å²) in [5, 5.41) is 0.933. The number of carbonyl (C=O) groups excluding carboxylic acids is 2. The van der Waals surface area contributed by atoms with E-state index in [2.05, 4.69) is 4.98 Å². The van der Waals surface area contributed by atoms with Gasteiger partial charge in [0, 0.05) is 51.7 Å². The molecule has 1 aromatic heterocycles. The topological polar surface area (TPSA) is 62.7 Å². The quantitative estimate of drug-likeness (QED) is 0.751. The van der Waals surface area contributed by atoms with E-state index in [1.807, 2.05) is 23.6 Å². The van der Waals surface area contributed by atoms with E-state index in [4.69, 9.17) is 4.74 Å². The lowest BCUT2D eigenvalue weighted by Crippen LogP contribution is -2.44. The summed E-state index contributed by atoms with van der Waals surface area (Å²) in [4.78, 5) is 34.1. The van der Waals surface area contributed by atoms with E-state index < -0.39 is 0 Å². The third-order valence-electron chi connectivity index (χ3n) is 5.39. The predicted octanol–water partition coefficient (Wildman–Crippen LogP) is 2.25. The van der Waals surface area contributed by atoms with Crippen molar-refractivity contribution >= 4 is 23.2 Å². The van der Waals surface area contributed by atoms with Crippen LogP contribution in [0.15, 0.2) is 0 Å². The number of nitrogens with zero attached hydrogens (tertiary/aromatic N) is 3. The first-order valence-corrected chi connectivity index (χ1v) is 9.76. The molecule has 3 rings (SSSR count). The lowest BCUT2D eigenvalue weighted by Gasteiger charge is -2.38. The zero-order valence-electron chi connectivity index (χ0n) is 15.3. The largest absolute Gasteiger partial charge is 0.385 e. The standard InChI is InChI=1S/C18H27N3O3S/c1-13-16(25-14(2)19-13)17(23)20-8-5-18(6-9-20)11-15(22)21(12-18)7-4-10-24-3/h4-12H2,1-3H3. The molecule has 2 saturated heterocycles. The summed E-state index contributed by atoms with van der Waals surface area (Å²) in [6.07, 6.45) is 3.32. The number of thiazole rings is 1. The van der Waals surface area contributed by atoms with Crippen molar-refractivity contribution in [3.63, 3.8) is 0 Å². The molecular formula is C18H27N3O3S. The normalized spacial score (nSPS) is 19.9. The van der Waals surface area contributed by atoms with Crippen molar-refractivity contribution in [1.29, 1.82) is 0 Å². The van der Waals surface area contributed by atoms with Crippen molar-refractivity contribution < 1.29 is 14.3 Å². The summed E-state index contributed by atoms with van der Waals surface area (Å²) in [7, 11) is 1.69. The fraction of sp³-hybridized carbons (Fsp3) is 0.722. The molecule has 2 amide bonds. The summed E-state index contributed by atoms with van der Waals surface area (Å²) in [5.74, 6) is 0.351. The number of aromatic nitrogens is 1. The summed E-state index contributed by atoms with van der Waals surface area (Å²) < 4.78 is 5.08. The molecule has 2 fully saturated rings. The Morgan fingerprint density at radius 3 is 2.64 bits per heavy atom. The molecule has 0 atom stereocenters. The lowest BCUT2D eigenvalue weighted by atomic mass is 9.77. The Morgan fingerprint density at radius 1 is 1.32 bits per heavy atom. The van der Waals surface area contributed by atoms with Crippen molar-refractivity contribution in [2.45, 2.75) is 39.5 Å². The predicted molar refractivity (Wildman–Crippen MR) is 96.8 cm³/mol. The van der Waals surface area contributed by atoms with Gasteiger partial charge < -0.3 is 14.5 Å². The number of hydrogen-bond acceptors (Lipinski definition) is 5. The Bertz CT molecular complexity index is 650. The van der Waals surface area contributed by atoms with Crippen molar-refractivity contribution in [2.75, 3.05) is 39.9 Å². The molecule has 2 aliphatic rings. The van der Waals surface area contributed by atoms with Gasteiger partial charge in [0.25, 0.3) is 5.91 Å². The van der Waals surface area contributed by atoms with Gasteiger partial charge in [-0.1, -0.05) is 0 Å². The van der Waals surface area contributed by atoms with Gasteiger partial charge in [-0.3, -0.25) is 9.59 Å². The molecule has 0 bridgehead atoms. The Hall–Kier alpha value is -1.47. The van der Waals surface area contributed by atoms with Crippen LogP contribution in [0.1, 0.15) is 46.1 Å². The van der Waals surface area contributed by atoms with Crippen molar-refractivity contribution in [3.05, 3.63) is 15.6 Å². The van der Waals surface area contributed by atoms with Gasteiger partial charge in [0.05, 0.1) is 10.7 Å². The fourth-order valence-corrected chi connectivity index (χ4v) is 4.87. The molecule has 0 unspecified atom stereocenters. The van der Waals surface area contributed by atoms with Crippen molar-refractivity contribution in [3.8, 4) is 0 Å². The van der Waals surface area contributed by atoms with Crippen LogP contribution in [-0.2, 0) is 9.53 Å². The molecule has 25 heavy (non-hydrogen) atoms. The number of piperidine rings is 1. The number of likely N-dealkylation sites (tertiary alicyclic amines) is 2. The first kappa shape index (κ1) is 18.3. The van der Waals surface area contributed by atoms with Crippen LogP contribution in [0.2, 0.25) is 0 Å². The highest BCUT2D eigenvalue weighted by Crippen LogP contribution is 2.41. The van der Waals surface area contributed by atoms with E-state index in [1.54, 1.807) is 7.11 Å². The van der Waals surface area contributed by atoms with Crippen LogP contribution in [-0.4, -0.2) is 66.5 Å². The van der Waals surface area contributed by atoms with E-state index in [-0.39, 0.29) is 17.2 Å². The molecule has 0 N–H and O–H groups in total. The Kier molecular flexibility index (Phi) is 5.43. The summed E-state index contributed by atoms with van der Waals surface area (Å²) in [5.41, 5.74) is 0.882. The highest BCUT2D eigenvalue weighted by Gasteiger charge is 2.45. The molecule has 6 nitrogen and oxygen atoms in total. The zero-order chi connectivity index (χ0) is 18.0. The van der Waals surface area contributed by atoms with Crippen LogP contribution in [0.3, 0.4) is 0 Å². The second-order valence-corrected chi connectivity index (χ2v) is 8.48. The van der Waals surface area contributed by atoms with Crippen LogP contribution in [0, 0.1) is 19.3 Å². The van der Waals surface area contributed by atoms with E-state index in [1.165, 1.54) is 11.3 Å². The number of methoxy groups -OCH3 is 1. The molecule has 0 saturated carbocycles. The third kappa shape index (κ3) is 3.87. The zero-order valence-corrected chi connectivity index (χ0v) is 16.2. The van der Waals surface area contributed by atoms with Crippen LogP contribution in [0.5, 0.6) is 0 Å². The number of ether oxygens (including phenoxy) is 1. The van der Waals surface area contributed by atoms with Gasteiger partial charge in [0.1, 0.15) is 4.88 Å². The molecule has 0 aliphatic carbocycles. The summed E-state index contributed by atoms with van der Waals surface area (Å²) in [6, 6.07) is 0. The van der Waals surface area contributed by atoms with Gasteiger partial charge in [-0.15, -0.1) is 11.3 Å². The van der Waals surface area contributed by atoms with E-state index in [0.29, 0.717) is 13.0 Å². The number of amides is 2. The van der Waals surface area contributed by atoms with Gasteiger partial charge in [-0.25, -0.2) is 4.98 Å². The molecule has 0 radical (unpaired) electrons. The molecule has 7 heteroatoms. The molecule has 0 aromatic carbocycles. The highest BCUT2D eigenvalue weighted by molar-refractivity contribution is 7.13. The molecular weight excluding hydrogens is 338 g/mol. The average molecular weight is 365 g/mol. The number of hydrogen-bond donors (Lipinski definition) is 0. The maximum absolute atomic E-state index is 12.7. The lowest BCUT2D eigenvalue weighted by molar-refractivity contribution is -0.128. The number of rotatable bonds is 5. The van der Waals surface area contributed by atoms with E-state index in [9.17, 15) is 9.59 Å². The van der Waals surface area contributed by atoms with Crippen LogP contribution < -0.4 is 0 Å². The van der Waals surface area contributed by atoms with Crippen molar-refractivity contribution in [1.82, 2.24) is 14.8 Å². The minimum absolute atomic E-state index is 0.0552. The molecule has 138 valence electrons. The molecule has 2 aliphatic heterocycles. The SMILES string of the molecule is COCCCN1CC2(CCN(C(=O)c3sc(C)nc3C)CC2)CC1=O. The van der Waals surface area contributed by atoms with Gasteiger partial charge in [0.2, 0.25) is 5.91 Å². The highest BCUT2D eigenvalue weighted by atomic mass is 32.1. The molecule has 1 spiro atoms. The third-order valence-corrected chi connectivity index (χ3v) is 6.45. The van der Waals surface area contributed by atoms with E-state index >= 15 is 0 Å². The van der Waals surface area contributed by atoms with Gasteiger partial charge in [0.15, 0.2) is 0 Å². The number of carbonyl (C=O) groups is 2. The van der Waals surface area contributed by atoms with E-state index in [0.717, 1.165) is 61.0 Å². The van der Waals surface area contributed by atoms with Gasteiger partial charge >= 0.3 is 0 Å². The Morgan fingerprint density at radius 2 is 2.04 bits per heavy atom. The molecule has 3 heterocycles. The first-order chi connectivity index (χ1) is 11.9. The maximum Gasteiger partial charge on any atom is 0.265 e. The smallest absolute Gasteiger partial charge is 0.265 e. The van der Waals surface area contributed by atoms with Crippen LogP contribution in [0.4, 0.5) is 0 Å². The minimum Gasteiger partial charge on any atom is -0.385 e.